The fraction of sp³-hybridized carbons (Fsp3) is 1.00. The van der Waals surface area contributed by atoms with Gasteiger partial charge in [0.05, 0.1) is 0 Å². The largest absolute Gasteiger partial charge is 0.311 e. The van der Waals surface area contributed by atoms with E-state index < -0.39 is 0 Å². The molecule has 0 rings (SSSR count). The molecule has 0 heterocycles. The summed E-state index contributed by atoms with van der Waals surface area (Å²) in [4.78, 5) is 2.57. The van der Waals surface area contributed by atoms with Crippen molar-refractivity contribution < 1.29 is 0 Å². The van der Waals surface area contributed by atoms with Crippen LogP contribution in [0.2, 0.25) is 0 Å². The van der Waals surface area contributed by atoms with Gasteiger partial charge < -0.3 is 5.32 Å². The van der Waals surface area contributed by atoms with Crippen LogP contribution in [0, 0.1) is 5.92 Å². The van der Waals surface area contributed by atoms with Gasteiger partial charge in [-0.05, 0) is 53.5 Å². The molecule has 0 fully saturated rings. The second-order valence-electron chi connectivity index (χ2n) is 7.22. The van der Waals surface area contributed by atoms with Crippen LogP contribution in [-0.2, 0) is 0 Å². The molecular weight excluding hydrogens is 220 g/mol. The van der Waals surface area contributed by atoms with Gasteiger partial charge in [0.25, 0.3) is 0 Å². The van der Waals surface area contributed by atoms with Crippen molar-refractivity contribution in [2.45, 2.75) is 85.4 Å². The van der Waals surface area contributed by atoms with E-state index in [4.69, 9.17) is 0 Å². The van der Waals surface area contributed by atoms with E-state index in [1.54, 1.807) is 0 Å². The quantitative estimate of drug-likeness (QED) is 0.708. The molecule has 2 atom stereocenters. The first-order chi connectivity index (χ1) is 8.17. The van der Waals surface area contributed by atoms with Gasteiger partial charge in [0, 0.05) is 24.2 Å². The van der Waals surface area contributed by atoms with Gasteiger partial charge in [-0.1, -0.05) is 27.2 Å². The lowest BCUT2D eigenvalue weighted by molar-refractivity contribution is 0.146. The SMILES string of the molecule is CCCC(CNC(C)(C)C)N(C)C(C)CC(C)C. The van der Waals surface area contributed by atoms with Crippen molar-refractivity contribution in [3.63, 3.8) is 0 Å². The minimum absolute atomic E-state index is 0.216. The molecule has 0 spiro atoms. The van der Waals surface area contributed by atoms with Crippen LogP contribution in [0.25, 0.3) is 0 Å². The lowest BCUT2D eigenvalue weighted by Crippen LogP contribution is -2.49. The average molecular weight is 256 g/mol. The summed E-state index contributed by atoms with van der Waals surface area (Å²) in [6.45, 7) is 17.1. The summed E-state index contributed by atoms with van der Waals surface area (Å²) in [6.07, 6.45) is 3.82. The van der Waals surface area contributed by atoms with Crippen LogP contribution in [0.5, 0.6) is 0 Å². The standard InChI is InChI=1S/C16H36N2/c1-9-10-15(12-17-16(5,6)7)18(8)14(4)11-13(2)3/h13-15,17H,9-12H2,1-8H3. The van der Waals surface area contributed by atoms with Crippen molar-refractivity contribution in [3.8, 4) is 0 Å². The fourth-order valence-electron chi connectivity index (χ4n) is 2.42. The zero-order chi connectivity index (χ0) is 14.3. The van der Waals surface area contributed by atoms with E-state index >= 15 is 0 Å². The van der Waals surface area contributed by atoms with E-state index in [-0.39, 0.29) is 5.54 Å². The van der Waals surface area contributed by atoms with E-state index in [2.05, 4.69) is 65.7 Å². The summed E-state index contributed by atoms with van der Waals surface area (Å²) in [5.74, 6) is 0.778. The molecule has 0 aliphatic heterocycles. The zero-order valence-corrected chi connectivity index (χ0v) is 14.0. The van der Waals surface area contributed by atoms with Crippen LogP contribution in [0.4, 0.5) is 0 Å². The van der Waals surface area contributed by atoms with Crippen molar-refractivity contribution in [2.75, 3.05) is 13.6 Å². The Labute approximate surface area is 116 Å². The minimum Gasteiger partial charge on any atom is -0.311 e. The van der Waals surface area contributed by atoms with Crippen molar-refractivity contribution in [2.24, 2.45) is 5.92 Å². The van der Waals surface area contributed by atoms with Gasteiger partial charge in [0.2, 0.25) is 0 Å². The van der Waals surface area contributed by atoms with Crippen LogP contribution in [0.1, 0.15) is 67.7 Å². The van der Waals surface area contributed by atoms with Crippen LogP contribution in [-0.4, -0.2) is 36.1 Å². The van der Waals surface area contributed by atoms with Gasteiger partial charge in [0.15, 0.2) is 0 Å². The molecule has 0 aromatic rings. The Morgan fingerprint density at radius 3 is 2.06 bits per heavy atom. The highest BCUT2D eigenvalue weighted by atomic mass is 15.2. The summed E-state index contributed by atoms with van der Waals surface area (Å²) in [7, 11) is 2.29. The van der Waals surface area contributed by atoms with E-state index in [0.717, 1.165) is 12.5 Å². The normalized spacial score (nSPS) is 16.3. The van der Waals surface area contributed by atoms with Gasteiger partial charge in [-0.2, -0.15) is 0 Å². The Kier molecular flexibility index (Phi) is 8.13. The molecule has 0 saturated carbocycles. The second-order valence-corrected chi connectivity index (χ2v) is 7.22. The van der Waals surface area contributed by atoms with Gasteiger partial charge in [-0.15, -0.1) is 0 Å². The van der Waals surface area contributed by atoms with Crippen LogP contribution < -0.4 is 5.32 Å². The topological polar surface area (TPSA) is 15.3 Å². The first kappa shape index (κ1) is 17.9. The van der Waals surface area contributed by atoms with Gasteiger partial charge in [-0.25, -0.2) is 0 Å². The maximum atomic E-state index is 3.65. The molecule has 0 amide bonds. The third-order valence-corrected chi connectivity index (χ3v) is 3.57. The van der Waals surface area contributed by atoms with Crippen molar-refractivity contribution in [1.29, 1.82) is 0 Å². The van der Waals surface area contributed by atoms with Gasteiger partial charge in [0.1, 0.15) is 0 Å². The Hall–Kier alpha value is -0.0800. The third kappa shape index (κ3) is 8.10. The van der Waals surface area contributed by atoms with Crippen LogP contribution in [0.3, 0.4) is 0 Å². The summed E-state index contributed by atoms with van der Waals surface area (Å²) in [5.41, 5.74) is 0.216. The van der Waals surface area contributed by atoms with Crippen LogP contribution >= 0.6 is 0 Å². The monoisotopic (exact) mass is 256 g/mol. The summed E-state index contributed by atoms with van der Waals surface area (Å²) in [6, 6.07) is 1.33. The molecule has 1 N–H and O–H groups in total. The number of rotatable bonds is 8. The lowest BCUT2D eigenvalue weighted by atomic mass is 10.0. The molecule has 2 heteroatoms. The molecule has 2 unspecified atom stereocenters. The maximum Gasteiger partial charge on any atom is 0.0220 e. The molecule has 0 aliphatic rings. The Morgan fingerprint density at radius 1 is 1.11 bits per heavy atom. The molecular formula is C16H36N2. The highest BCUT2D eigenvalue weighted by Gasteiger charge is 2.21. The maximum absolute atomic E-state index is 3.65. The summed E-state index contributed by atoms with van der Waals surface area (Å²) >= 11 is 0. The van der Waals surface area contributed by atoms with Gasteiger partial charge >= 0.3 is 0 Å². The fourth-order valence-corrected chi connectivity index (χ4v) is 2.42. The number of likely N-dealkylation sites (N-methyl/N-ethyl adjacent to an activating group) is 1. The number of nitrogens with zero attached hydrogens (tertiary/aromatic N) is 1. The summed E-state index contributed by atoms with van der Waals surface area (Å²) in [5, 5.41) is 3.65. The Bertz CT molecular complexity index is 206. The third-order valence-electron chi connectivity index (χ3n) is 3.57. The number of nitrogens with one attached hydrogen (secondary N) is 1. The molecule has 0 saturated heterocycles. The molecule has 0 aromatic carbocycles. The van der Waals surface area contributed by atoms with E-state index in [0.29, 0.717) is 12.1 Å². The predicted molar refractivity (Wildman–Crippen MR) is 83.1 cm³/mol. The van der Waals surface area contributed by atoms with Gasteiger partial charge in [-0.3, -0.25) is 4.90 Å². The smallest absolute Gasteiger partial charge is 0.0220 e. The highest BCUT2D eigenvalue weighted by molar-refractivity contribution is 4.80. The van der Waals surface area contributed by atoms with Crippen LogP contribution in [0.15, 0.2) is 0 Å². The van der Waals surface area contributed by atoms with E-state index in [1.165, 1.54) is 19.3 Å². The first-order valence-electron chi connectivity index (χ1n) is 7.64. The molecule has 110 valence electrons. The molecule has 0 aromatic heterocycles. The molecule has 18 heavy (non-hydrogen) atoms. The molecule has 0 radical (unpaired) electrons. The Balaban J connectivity index is 4.38. The summed E-state index contributed by atoms with van der Waals surface area (Å²) < 4.78 is 0. The number of hydrogen-bond donors (Lipinski definition) is 1. The molecule has 0 bridgehead atoms. The predicted octanol–water partition coefficient (Wildman–Crippen LogP) is 3.91. The Morgan fingerprint density at radius 2 is 1.67 bits per heavy atom. The van der Waals surface area contributed by atoms with Crippen molar-refractivity contribution in [1.82, 2.24) is 10.2 Å². The lowest BCUT2D eigenvalue weighted by Gasteiger charge is -2.36. The van der Waals surface area contributed by atoms with E-state index in [1.807, 2.05) is 0 Å². The zero-order valence-electron chi connectivity index (χ0n) is 14.0. The average Bonchev–Trinajstić information content (AvgIpc) is 2.20. The van der Waals surface area contributed by atoms with E-state index in [9.17, 15) is 0 Å². The molecule has 0 aliphatic carbocycles. The van der Waals surface area contributed by atoms with Crippen molar-refractivity contribution in [3.05, 3.63) is 0 Å². The van der Waals surface area contributed by atoms with Crippen molar-refractivity contribution >= 4 is 0 Å². The highest BCUT2D eigenvalue weighted by Crippen LogP contribution is 2.15. The number of hydrogen-bond acceptors (Lipinski definition) is 2. The first-order valence-corrected chi connectivity index (χ1v) is 7.64. The molecule has 2 nitrogen and oxygen atoms in total. The second kappa shape index (κ2) is 8.16. The minimum atomic E-state index is 0.216.